The second-order valence-electron chi connectivity index (χ2n) is 10.6. The number of carbonyl (C=O) groups is 1. The van der Waals surface area contributed by atoms with Gasteiger partial charge in [0, 0.05) is 55.6 Å². The summed E-state index contributed by atoms with van der Waals surface area (Å²) in [5.74, 6) is 1.08. The summed E-state index contributed by atoms with van der Waals surface area (Å²) in [6.07, 6.45) is 1.69. The van der Waals surface area contributed by atoms with Crippen LogP contribution in [0.1, 0.15) is 16.7 Å². The molecule has 3 aromatic carbocycles. The van der Waals surface area contributed by atoms with Gasteiger partial charge in [0.25, 0.3) is 5.69 Å². The highest BCUT2D eigenvalue weighted by Gasteiger charge is 2.25. The Bertz CT molecular complexity index is 1800. The first-order valence-corrected chi connectivity index (χ1v) is 14.5. The first kappa shape index (κ1) is 28.9. The van der Waals surface area contributed by atoms with Crippen molar-refractivity contribution in [2.24, 2.45) is 0 Å². The van der Waals surface area contributed by atoms with Gasteiger partial charge in [0.2, 0.25) is 5.95 Å². The van der Waals surface area contributed by atoms with Crippen molar-refractivity contribution in [3.8, 4) is 0 Å². The van der Waals surface area contributed by atoms with E-state index in [0.29, 0.717) is 67.2 Å². The lowest BCUT2D eigenvalue weighted by atomic mass is 10.2. The van der Waals surface area contributed by atoms with Crippen LogP contribution in [0.15, 0.2) is 79.1 Å². The molecule has 2 aromatic heterocycles. The van der Waals surface area contributed by atoms with Crippen molar-refractivity contribution in [2.45, 2.75) is 20.0 Å². The number of imidazole rings is 1. The highest BCUT2D eigenvalue weighted by atomic mass is 35.5. The van der Waals surface area contributed by atoms with Crippen LogP contribution < -0.4 is 15.5 Å². The maximum absolute atomic E-state index is 12.9. The lowest BCUT2D eigenvalue weighted by Gasteiger charge is -2.34. The molecule has 0 radical (unpaired) electrons. The molecule has 224 valence electrons. The highest BCUT2D eigenvalue weighted by molar-refractivity contribution is 6.31. The maximum Gasteiger partial charge on any atom is 0.321 e. The van der Waals surface area contributed by atoms with Gasteiger partial charge in [-0.2, -0.15) is 9.97 Å². The minimum Gasteiger partial charge on any atom is -0.364 e. The van der Waals surface area contributed by atoms with Gasteiger partial charge < -0.3 is 25.0 Å². The van der Waals surface area contributed by atoms with Gasteiger partial charge in [-0.1, -0.05) is 59.6 Å². The summed E-state index contributed by atoms with van der Waals surface area (Å²) >= 11 is 6.40. The summed E-state index contributed by atoms with van der Waals surface area (Å²) in [4.78, 5) is 41.8. The van der Waals surface area contributed by atoms with Gasteiger partial charge in [0.15, 0.2) is 17.0 Å². The molecular weight excluding hydrogens is 582 g/mol. The van der Waals surface area contributed by atoms with E-state index in [-0.39, 0.29) is 11.7 Å². The molecule has 44 heavy (non-hydrogen) atoms. The third kappa shape index (κ3) is 6.40. The molecule has 1 aliphatic heterocycles. The molecule has 3 heterocycles. The van der Waals surface area contributed by atoms with Crippen LogP contribution in [0.25, 0.3) is 11.2 Å². The van der Waals surface area contributed by atoms with Gasteiger partial charge in [-0.25, -0.2) is 9.78 Å². The van der Waals surface area contributed by atoms with Crippen molar-refractivity contribution in [3.63, 3.8) is 0 Å². The highest BCUT2D eigenvalue weighted by Crippen LogP contribution is 2.26. The Hall–Kier alpha value is -5.23. The van der Waals surface area contributed by atoms with E-state index in [0.717, 1.165) is 22.4 Å². The molecule has 12 nitrogen and oxygen atoms in total. The van der Waals surface area contributed by atoms with Crippen LogP contribution in [0, 0.1) is 17.0 Å². The predicted molar refractivity (Wildman–Crippen MR) is 170 cm³/mol. The van der Waals surface area contributed by atoms with Crippen LogP contribution in [0.5, 0.6) is 0 Å². The summed E-state index contributed by atoms with van der Waals surface area (Å²) in [5, 5.41) is 18.1. The molecule has 0 saturated carbocycles. The van der Waals surface area contributed by atoms with Crippen molar-refractivity contribution >= 4 is 51.9 Å². The van der Waals surface area contributed by atoms with Gasteiger partial charge in [-0.15, -0.1) is 0 Å². The fraction of sp³-hybridized carbons (Fsp3) is 0.226. The van der Waals surface area contributed by atoms with E-state index in [2.05, 4.69) is 20.5 Å². The molecule has 5 aromatic rings. The van der Waals surface area contributed by atoms with Crippen LogP contribution in [0.2, 0.25) is 5.02 Å². The fourth-order valence-electron chi connectivity index (χ4n) is 5.00. The van der Waals surface area contributed by atoms with E-state index in [4.69, 9.17) is 21.6 Å². The average molecular weight is 612 g/mol. The van der Waals surface area contributed by atoms with Crippen molar-refractivity contribution in [1.82, 2.24) is 24.4 Å². The third-order valence-electron chi connectivity index (χ3n) is 7.51. The molecule has 0 spiro atoms. The molecule has 0 aliphatic carbocycles. The van der Waals surface area contributed by atoms with E-state index in [9.17, 15) is 14.9 Å². The van der Waals surface area contributed by atoms with Gasteiger partial charge >= 0.3 is 6.03 Å². The Morgan fingerprint density at radius 3 is 2.41 bits per heavy atom. The number of hydrogen-bond donors (Lipinski definition) is 2. The zero-order valence-electron chi connectivity index (χ0n) is 24.0. The number of halogens is 1. The Morgan fingerprint density at radius 1 is 0.977 bits per heavy atom. The number of hydrogen-bond acceptors (Lipinski definition) is 8. The number of nitrogens with zero attached hydrogens (tertiary/aromatic N) is 7. The Labute approximate surface area is 258 Å². The normalized spacial score (nSPS) is 13.2. The number of non-ortho nitro benzene ring substituents is 1. The third-order valence-corrected chi connectivity index (χ3v) is 7.88. The molecule has 13 heteroatoms. The van der Waals surface area contributed by atoms with E-state index in [1.807, 2.05) is 60.0 Å². The van der Waals surface area contributed by atoms with E-state index >= 15 is 0 Å². The minimum atomic E-state index is -0.418. The molecule has 1 aliphatic rings. The standard InChI is InChI=1S/C31H30ClN9O3/c1-21-6-10-24(11-7-21)35-31(42)39-16-14-38(15-17-39)30-36-28(33-18-23-4-2-3-5-26(23)32)27-29(37-30)40(20-34-27)19-22-8-12-25(13-9-22)41(43)44/h2-13,20H,14-19H2,1H3,(H,35,42)(H,33,36,37). The predicted octanol–water partition coefficient (Wildman–Crippen LogP) is 5.71. The molecule has 1 fully saturated rings. The lowest BCUT2D eigenvalue weighted by molar-refractivity contribution is -0.384. The summed E-state index contributed by atoms with van der Waals surface area (Å²) < 4.78 is 1.90. The zero-order valence-corrected chi connectivity index (χ0v) is 24.7. The number of nitro groups is 1. The number of piperazine rings is 1. The molecule has 2 N–H and O–H groups in total. The number of carbonyl (C=O) groups excluding carboxylic acids is 1. The van der Waals surface area contributed by atoms with Crippen LogP contribution in [-0.4, -0.2) is 61.6 Å². The topological polar surface area (TPSA) is 134 Å². The van der Waals surface area contributed by atoms with E-state index in [1.165, 1.54) is 12.1 Å². The average Bonchev–Trinajstić information content (AvgIpc) is 3.44. The first-order valence-electron chi connectivity index (χ1n) is 14.1. The number of anilines is 3. The van der Waals surface area contributed by atoms with E-state index < -0.39 is 4.92 Å². The molecular formula is C31H30ClN9O3. The summed E-state index contributed by atoms with van der Waals surface area (Å²) in [6.45, 7) is 4.97. The van der Waals surface area contributed by atoms with Crippen LogP contribution in [-0.2, 0) is 13.1 Å². The Kier molecular flexibility index (Phi) is 8.24. The molecule has 0 bridgehead atoms. The van der Waals surface area contributed by atoms with Crippen LogP contribution >= 0.6 is 11.6 Å². The summed E-state index contributed by atoms with van der Waals surface area (Å²) in [5.41, 5.74) is 4.92. The van der Waals surface area contributed by atoms with Crippen molar-refractivity contribution in [2.75, 3.05) is 41.7 Å². The number of urea groups is 1. The van der Waals surface area contributed by atoms with Gasteiger partial charge in [-0.05, 0) is 36.2 Å². The molecule has 0 unspecified atom stereocenters. The first-order chi connectivity index (χ1) is 21.3. The SMILES string of the molecule is Cc1ccc(NC(=O)N2CCN(c3nc(NCc4ccccc4Cl)c4ncn(Cc5ccc([N+](=O)[O-])cc5)c4n3)CC2)cc1. The maximum atomic E-state index is 12.9. The summed E-state index contributed by atoms with van der Waals surface area (Å²) in [7, 11) is 0. The smallest absolute Gasteiger partial charge is 0.321 e. The largest absolute Gasteiger partial charge is 0.364 e. The Balaban J connectivity index is 1.24. The molecule has 6 rings (SSSR count). The quantitative estimate of drug-likeness (QED) is 0.168. The van der Waals surface area contributed by atoms with Crippen LogP contribution in [0.4, 0.5) is 27.9 Å². The van der Waals surface area contributed by atoms with Gasteiger partial charge in [-0.3, -0.25) is 10.1 Å². The monoisotopic (exact) mass is 611 g/mol. The van der Waals surface area contributed by atoms with E-state index in [1.54, 1.807) is 23.4 Å². The number of aryl methyl sites for hydroxylation is 1. The van der Waals surface area contributed by atoms with Crippen LogP contribution in [0.3, 0.4) is 0 Å². The number of amides is 2. The number of aromatic nitrogens is 4. The second-order valence-corrected chi connectivity index (χ2v) is 11.0. The molecule has 0 atom stereocenters. The molecule has 1 saturated heterocycles. The lowest BCUT2D eigenvalue weighted by Crippen LogP contribution is -2.50. The minimum absolute atomic E-state index is 0.0339. The van der Waals surface area contributed by atoms with Crippen molar-refractivity contribution < 1.29 is 9.72 Å². The van der Waals surface area contributed by atoms with Crippen molar-refractivity contribution in [1.29, 1.82) is 0 Å². The van der Waals surface area contributed by atoms with Gasteiger partial charge in [0.1, 0.15) is 0 Å². The fourth-order valence-corrected chi connectivity index (χ4v) is 5.21. The molecule has 2 amide bonds. The number of rotatable bonds is 8. The second kappa shape index (κ2) is 12.6. The number of nitro benzene ring substituents is 1. The number of fused-ring (bicyclic) bond motifs is 1. The van der Waals surface area contributed by atoms with Crippen molar-refractivity contribution in [3.05, 3.63) is 111 Å². The number of benzene rings is 3. The summed E-state index contributed by atoms with van der Waals surface area (Å²) in [6, 6.07) is 21.6. The zero-order chi connectivity index (χ0) is 30.6. The Morgan fingerprint density at radius 2 is 1.70 bits per heavy atom. The number of nitrogens with one attached hydrogen (secondary N) is 2. The van der Waals surface area contributed by atoms with Gasteiger partial charge in [0.05, 0.1) is 17.8 Å².